The van der Waals surface area contributed by atoms with Gasteiger partial charge in [0.25, 0.3) is 0 Å². The molecule has 1 unspecified atom stereocenters. The van der Waals surface area contributed by atoms with Crippen LogP contribution < -0.4 is 5.32 Å². The van der Waals surface area contributed by atoms with Gasteiger partial charge in [0.2, 0.25) is 5.91 Å². The fraction of sp³-hybridized carbons (Fsp3) is 0.429. The van der Waals surface area contributed by atoms with Gasteiger partial charge in [0, 0.05) is 24.5 Å². The predicted octanol–water partition coefficient (Wildman–Crippen LogP) is 1.70. The molecule has 22 heavy (non-hydrogen) atoms. The number of rotatable bonds is 6. The number of nitrogens with one attached hydrogen (secondary N) is 1. The molecule has 0 aliphatic carbocycles. The number of carbonyl (C=O) groups excluding carboxylic acids is 1. The molecule has 118 valence electrons. The Morgan fingerprint density at radius 3 is 2.77 bits per heavy atom. The lowest BCUT2D eigenvalue weighted by molar-refractivity contribution is -0.119. The molecule has 1 atom stereocenters. The van der Waals surface area contributed by atoms with Crippen molar-refractivity contribution in [2.45, 2.75) is 39.8 Å². The standard InChI is InChI=1S/C14H19N5O3/c1-4-5-18-9(2)6-12(17-18)16-13(20)10(3)19-8-11(7-15-19)14(21)22/h6-8,10H,4-5H2,1-3H3,(H,21,22)(H,16,17,20). The quantitative estimate of drug-likeness (QED) is 0.845. The summed E-state index contributed by atoms with van der Waals surface area (Å²) in [5.74, 6) is -0.901. The van der Waals surface area contributed by atoms with Gasteiger partial charge in [-0.05, 0) is 20.3 Å². The highest BCUT2D eigenvalue weighted by atomic mass is 16.4. The van der Waals surface area contributed by atoms with E-state index in [1.54, 1.807) is 13.0 Å². The number of aryl methyl sites for hydroxylation is 2. The molecular weight excluding hydrogens is 286 g/mol. The van der Waals surface area contributed by atoms with Crippen LogP contribution in [0.4, 0.5) is 5.82 Å². The highest BCUT2D eigenvalue weighted by molar-refractivity contribution is 5.93. The minimum atomic E-state index is -1.08. The maximum absolute atomic E-state index is 12.2. The SMILES string of the molecule is CCCn1nc(NC(=O)C(C)n2cc(C(=O)O)cn2)cc1C. The summed E-state index contributed by atoms with van der Waals surface area (Å²) in [5, 5.41) is 19.8. The second kappa shape index (κ2) is 6.42. The zero-order valence-corrected chi connectivity index (χ0v) is 12.8. The zero-order chi connectivity index (χ0) is 16.3. The summed E-state index contributed by atoms with van der Waals surface area (Å²) < 4.78 is 3.14. The molecule has 0 saturated carbocycles. The molecule has 0 bridgehead atoms. The first-order chi connectivity index (χ1) is 10.4. The highest BCUT2D eigenvalue weighted by Crippen LogP contribution is 2.13. The van der Waals surface area contributed by atoms with Crippen molar-refractivity contribution in [1.29, 1.82) is 0 Å². The molecular formula is C14H19N5O3. The summed E-state index contributed by atoms with van der Waals surface area (Å²) in [6.45, 7) is 6.41. The monoisotopic (exact) mass is 305 g/mol. The van der Waals surface area contributed by atoms with Gasteiger partial charge in [-0.1, -0.05) is 6.92 Å². The average molecular weight is 305 g/mol. The molecule has 2 N–H and O–H groups in total. The Labute approximate surface area is 127 Å². The lowest BCUT2D eigenvalue weighted by atomic mass is 10.3. The summed E-state index contributed by atoms with van der Waals surface area (Å²) >= 11 is 0. The van der Waals surface area contributed by atoms with E-state index < -0.39 is 12.0 Å². The van der Waals surface area contributed by atoms with Crippen LogP contribution in [0.2, 0.25) is 0 Å². The molecule has 0 aliphatic rings. The molecule has 0 saturated heterocycles. The van der Waals surface area contributed by atoms with Crippen LogP contribution >= 0.6 is 0 Å². The Morgan fingerprint density at radius 1 is 1.45 bits per heavy atom. The van der Waals surface area contributed by atoms with E-state index in [0.717, 1.165) is 18.7 Å². The number of nitrogens with zero attached hydrogens (tertiary/aromatic N) is 4. The number of hydrogen-bond donors (Lipinski definition) is 2. The van der Waals surface area contributed by atoms with Crippen molar-refractivity contribution < 1.29 is 14.7 Å². The normalized spacial score (nSPS) is 12.1. The fourth-order valence-corrected chi connectivity index (χ4v) is 2.02. The van der Waals surface area contributed by atoms with Crippen LogP contribution in [0.3, 0.4) is 0 Å². The summed E-state index contributed by atoms with van der Waals surface area (Å²) in [6, 6.07) is 1.16. The van der Waals surface area contributed by atoms with Gasteiger partial charge in [-0.2, -0.15) is 10.2 Å². The van der Waals surface area contributed by atoms with E-state index >= 15 is 0 Å². The van der Waals surface area contributed by atoms with Gasteiger partial charge >= 0.3 is 5.97 Å². The predicted molar refractivity (Wildman–Crippen MR) is 79.8 cm³/mol. The van der Waals surface area contributed by atoms with Crippen molar-refractivity contribution in [3.8, 4) is 0 Å². The second-order valence-electron chi connectivity index (χ2n) is 5.07. The van der Waals surface area contributed by atoms with Gasteiger partial charge in [-0.3, -0.25) is 14.2 Å². The number of amides is 1. The highest BCUT2D eigenvalue weighted by Gasteiger charge is 2.19. The number of aromatic carboxylic acids is 1. The second-order valence-corrected chi connectivity index (χ2v) is 5.07. The van der Waals surface area contributed by atoms with Gasteiger partial charge in [0.05, 0.1) is 11.8 Å². The molecule has 0 aromatic carbocycles. The van der Waals surface area contributed by atoms with Crippen molar-refractivity contribution in [3.63, 3.8) is 0 Å². The molecule has 0 spiro atoms. The van der Waals surface area contributed by atoms with Gasteiger partial charge in [-0.25, -0.2) is 4.79 Å². The third kappa shape index (κ3) is 3.33. The number of carbonyl (C=O) groups is 2. The maximum atomic E-state index is 12.2. The van der Waals surface area contributed by atoms with E-state index in [-0.39, 0.29) is 11.5 Å². The van der Waals surface area contributed by atoms with E-state index in [0.29, 0.717) is 5.82 Å². The third-order valence-corrected chi connectivity index (χ3v) is 3.29. The third-order valence-electron chi connectivity index (χ3n) is 3.29. The lowest BCUT2D eigenvalue weighted by Gasteiger charge is -2.11. The van der Waals surface area contributed by atoms with E-state index in [1.165, 1.54) is 17.1 Å². The van der Waals surface area contributed by atoms with E-state index in [2.05, 4.69) is 22.4 Å². The van der Waals surface area contributed by atoms with Crippen LogP contribution in [0.1, 0.15) is 42.4 Å². The largest absolute Gasteiger partial charge is 0.478 e. The van der Waals surface area contributed by atoms with Crippen LogP contribution in [0.25, 0.3) is 0 Å². The maximum Gasteiger partial charge on any atom is 0.338 e. The van der Waals surface area contributed by atoms with Gasteiger partial charge in [0.15, 0.2) is 5.82 Å². The van der Waals surface area contributed by atoms with Crippen molar-refractivity contribution in [3.05, 3.63) is 29.7 Å². The molecule has 2 aromatic rings. The first-order valence-electron chi connectivity index (χ1n) is 7.05. The summed E-state index contributed by atoms with van der Waals surface area (Å²) in [7, 11) is 0. The zero-order valence-electron chi connectivity index (χ0n) is 12.8. The van der Waals surface area contributed by atoms with Gasteiger partial charge in [-0.15, -0.1) is 0 Å². The molecule has 1 amide bonds. The van der Waals surface area contributed by atoms with Crippen molar-refractivity contribution in [1.82, 2.24) is 19.6 Å². The van der Waals surface area contributed by atoms with E-state index in [4.69, 9.17) is 5.11 Å². The van der Waals surface area contributed by atoms with Crippen molar-refractivity contribution in [2.24, 2.45) is 0 Å². The molecule has 2 heterocycles. The van der Waals surface area contributed by atoms with E-state index in [9.17, 15) is 9.59 Å². The number of aromatic nitrogens is 4. The van der Waals surface area contributed by atoms with Gasteiger partial charge in [0.1, 0.15) is 6.04 Å². The van der Waals surface area contributed by atoms with Crippen LogP contribution in [0, 0.1) is 6.92 Å². The molecule has 0 radical (unpaired) electrons. The summed E-state index contributed by atoms with van der Waals surface area (Å²) in [5.41, 5.74) is 1.01. The fourth-order valence-electron chi connectivity index (χ4n) is 2.02. The number of anilines is 1. The Morgan fingerprint density at radius 2 is 2.18 bits per heavy atom. The Balaban J connectivity index is 2.07. The summed E-state index contributed by atoms with van der Waals surface area (Å²) in [6.07, 6.45) is 3.50. The number of hydrogen-bond acceptors (Lipinski definition) is 4. The minimum Gasteiger partial charge on any atom is -0.478 e. The van der Waals surface area contributed by atoms with Gasteiger partial charge < -0.3 is 10.4 Å². The average Bonchev–Trinajstić information content (AvgIpc) is 3.06. The molecule has 8 heteroatoms. The number of carboxylic acid groups (broad SMARTS) is 1. The molecule has 2 rings (SSSR count). The number of carboxylic acids is 1. The van der Waals surface area contributed by atoms with Crippen LogP contribution in [0.15, 0.2) is 18.5 Å². The molecule has 2 aromatic heterocycles. The Hall–Kier alpha value is -2.64. The van der Waals surface area contributed by atoms with Crippen LogP contribution in [0.5, 0.6) is 0 Å². The van der Waals surface area contributed by atoms with Crippen LogP contribution in [-0.4, -0.2) is 36.5 Å². The van der Waals surface area contributed by atoms with E-state index in [1.807, 2.05) is 11.6 Å². The van der Waals surface area contributed by atoms with Crippen LogP contribution in [-0.2, 0) is 11.3 Å². The first-order valence-corrected chi connectivity index (χ1v) is 7.05. The molecule has 8 nitrogen and oxygen atoms in total. The van der Waals surface area contributed by atoms with Crippen molar-refractivity contribution in [2.75, 3.05) is 5.32 Å². The Bertz CT molecular complexity index is 688. The minimum absolute atomic E-state index is 0.0442. The topological polar surface area (TPSA) is 102 Å². The summed E-state index contributed by atoms with van der Waals surface area (Å²) in [4.78, 5) is 23.0. The molecule has 0 aliphatic heterocycles. The Kier molecular flexibility index (Phi) is 4.59. The van der Waals surface area contributed by atoms with Crippen molar-refractivity contribution >= 4 is 17.7 Å². The molecule has 0 fully saturated rings. The first kappa shape index (κ1) is 15.7. The smallest absolute Gasteiger partial charge is 0.338 e. The lowest BCUT2D eigenvalue weighted by Crippen LogP contribution is -2.24.